The number of Topliss-reactive ketones (excluding diaryl/α,β-unsaturated/α-hetero) is 1. The molecule has 3 rings (SSSR count). The Hall–Kier alpha value is -2.30. The van der Waals surface area contributed by atoms with Crippen LogP contribution in [0.1, 0.15) is 37.2 Å². The van der Waals surface area contributed by atoms with Gasteiger partial charge in [0.2, 0.25) is 5.91 Å². The van der Waals surface area contributed by atoms with Crippen LogP contribution >= 0.6 is 0 Å². The number of carbonyl (C=O) groups is 2. The van der Waals surface area contributed by atoms with Gasteiger partial charge in [-0.25, -0.2) is 0 Å². The normalized spacial score (nSPS) is 21.3. The van der Waals surface area contributed by atoms with Crippen molar-refractivity contribution in [2.45, 2.75) is 31.6 Å². The highest BCUT2D eigenvalue weighted by atomic mass is 16.5. The molecule has 1 N–H and O–H groups in total. The quantitative estimate of drug-likeness (QED) is 0.930. The first kappa shape index (κ1) is 14.6. The Kier molecular flexibility index (Phi) is 3.88. The van der Waals surface area contributed by atoms with Crippen LogP contribution in [0.15, 0.2) is 29.5 Å². The van der Waals surface area contributed by atoms with Crippen molar-refractivity contribution in [1.29, 1.82) is 0 Å². The highest BCUT2D eigenvalue weighted by Gasteiger charge is 2.36. The van der Waals surface area contributed by atoms with Gasteiger partial charge < -0.3 is 14.8 Å². The molecule has 22 heavy (non-hydrogen) atoms. The van der Waals surface area contributed by atoms with Crippen molar-refractivity contribution in [2.24, 2.45) is 0 Å². The summed E-state index contributed by atoms with van der Waals surface area (Å²) in [6, 6.07) is 5.57. The number of hydrogen-bond donors (Lipinski definition) is 1. The van der Waals surface area contributed by atoms with Crippen LogP contribution in [0.2, 0.25) is 0 Å². The van der Waals surface area contributed by atoms with Crippen molar-refractivity contribution in [3.63, 3.8) is 0 Å². The van der Waals surface area contributed by atoms with Crippen molar-refractivity contribution < 1.29 is 19.1 Å². The summed E-state index contributed by atoms with van der Waals surface area (Å²) in [4.78, 5) is 24.4. The fraction of sp³-hybridized carbons (Fsp3) is 0.412. The molecule has 0 bridgehead atoms. The van der Waals surface area contributed by atoms with Crippen molar-refractivity contribution in [3.05, 3.63) is 35.0 Å². The van der Waals surface area contributed by atoms with Crippen LogP contribution in [0.5, 0.6) is 11.5 Å². The topological polar surface area (TPSA) is 64.6 Å². The molecular formula is C17H19NO4. The summed E-state index contributed by atoms with van der Waals surface area (Å²) in [5, 5.41) is 2.86. The average molecular weight is 301 g/mol. The van der Waals surface area contributed by atoms with Gasteiger partial charge in [0.05, 0.1) is 14.2 Å². The average Bonchev–Trinajstić information content (AvgIpc) is 2.53. The Morgan fingerprint density at radius 1 is 1.14 bits per heavy atom. The highest BCUT2D eigenvalue weighted by Crippen LogP contribution is 2.44. The van der Waals surface area contributed by atoms with Crippen LogP contribution in [0.25, 0.3) is 0 Å². The molecule has 0 saturated heterocycles. The second-order valence-corrected chi connectivity index (χ2v) is 5.56. The highest BCUT2D eigenvalue weighted by molar-refractivity contribution is 6.01. The van der Waals surface area contributed by atoms with E-state index in [2.05, 4.69) is 5.32 Å². The van der Waals surface area contributed by atoms with Gasteiger partial charge in [0.25, 0.3) is 0 Å². The molecule has 0 spiro atoms. The van der Waals surface area contributed by atoms with Gasteiger partial charge in [0.15, 0.2) is 17.3 Å². The zero-order valence-electron chi connectivity index (χ0n) is 12.8. The number of allylic oxidation sites excluding steroid dienone is 2. The minimum atomic E-state index is -0.262. The third-order valence-electron chi connectivity index (χ3n) is 4.29. The van der Waals surface area contributed by atoms with Gasteiger partial charge >= 0.3 is 0 Å². The Morgan fingerprint density at radius 3 is 2.68 bits per heavy atom. The molecule has 1 aromatic rings. The van der Waals surface area contributed by atoms with Crippen molar-refractivity contribution >= 4 is 11.7 Å². The summed E-state index contributed by atoms with van der Waals surface area (Å²) < 4.78 is 10.8. The zero-order chi connectivity index (χ0) is 15.7. The Morgan fingerprint density at radius 2 is 1.95 bits per heavy atom. The predicted octanol–water partition coefficient (Wildman–Crippen LogP) is 2.31. The number of ketones is 1. The number of carbonyl (C=O) groups excluding carboxylic acids is 2. The lowest BCUT2D eigenvalue weighted by atomic mass is 9.77. The largest absolute Gasteiger partial charge is 0.493 e. The van der Waals surface area contributed by atoms with E-state index in [1.807, 2.05) is 18.2 Å². The Bertz CT molecular complexity index is 663. The van der Waals surface area contributed by atoms with E-state index in [4.69, 9.17) is 9.47 Å². The first-order chi connectivity index (χ1) is 10.7. The molecule has 5 heteroatoms. The Balaban J connectivity index is 2.14. The van der Waals surface area contributed by atoms with Crippen LogP contribution in [-0.4, -0.2) is 25.9 Å². The molecule has 1 heterocycles. The van der Waals surface area contributed by atoms with Crippen molar-refractivity contribution in [2.75, 3.05) is 14.2 Å². The molecule has 0 saturated carbocycles. The SMILES string of the molecule is COc1cccc([C@H]2CC(=O)NC3=C2C(=O)CCC3)c1OC. The van der Waals surface area contributed by atoms with Gasteiger partial charge in [0, 0.05) is 35.6 Å². The number of hydrogen-bond acceptors (Lipinski definition) is 4. The lowest BCUT2D eigenvalue weighted by molar-refractivity contribution is -0.122. The van der Waals surface area contributed by atoms with Crippen molar-refractivity contribution in [3.8, 4) is 11.5 Å². The summed E-state index contributed by atoms with van der Waals surface area (Å²) >= 11 is 0. The number of methoxy groups -OCH3 is 2. The maximum atomic E-state index is 12.4. The van der Waals surface area contributed by atoms with Gasteiger partial charge in [-0.3, -0.25) is 9.59 Å². The summed E-state index contributed by atoms with van der Waals surface area (Å²) in [5.41, 5.74) is 2.35. The molecule has 5 nitrogen and oxygen atoms in total. The number of ether oxygens (including phenoxy) is 2. The molecular weight excluding hydrogens is 282 g/mol. The molecule has 2 aliphatic rings. The van der Waals surface area contributed by atoms with E-state index in [1.165, 1.54) is 0 Å². The maximum Gasteiger partial charge on any atom is 0.225 e. The van der Waals surface area contributed by atoms with Gasteiger partial charge in [-0.2, -0.15) is 0 Å². The summed E-state index contributed by atoms with van der Waals surface area (Å²) in [6.07, 6.45) is 2.33. The standard InChI is InChI=1S/C17H19NO4/c1-21-14-8-3-5-10(17(14)22-2)11-9-15(20)18-12-6-4-7-13(19)16(11)12/h3,5,8,11H,4,6-7,9H2,1-2H3,(H,18,20)/t11-/m1/s1. The predicted molar refractivity (Wildman–Crippen MR) is 80.9 cm³/mol. The molecule has 0 aromatic heterocycles. The lowest BCUT2D eigenvalue weighted by Crippen LogP contribution is -2.36. The third kappa shape index (κ3) is 2.36. The van der Waals surface area contributed by atoms with Gasteiger partial charge in [-0.1, -0.05) is 12.1 Å². The Labute approximate surface area is 129 Å². The molecule has 1 aromatic carbocycles. The number of para-hydroxylation sites is 1. The lowest BCUT2D eigenvalue weighted by Gasteiger charge is -2.32. The fourth-order valence-electron chi connectivity index (χ4n) is 3.36. The first-order valence-corrected chi connectivity index (χ1v) is 7.42. The summed E-state index contributed by atoms with van der Waals surface area (Å²) in [6.45, 7) is 0. The summed E-state index contributed by atoms with van der Waals surface area (Å²) in [7, 11) is 3.15. The molecule has 116 valence electrons. The second-order valence-electron chi connectivity index (χ2n) is 5.56. The number of nitrogens with one attached hydrogen (secondary N) is 1. The maximum absolute atomic E-state index is 12.4. The number of amides is 1. The molecule has 1 aliphatic heterocycles. The van der Waals surface area contributed by atoms with Crippen LogP contribution in [0, 0.1) is 0 Å². The molecule has 1 atom stereocenters. The van der Waals surface area contributed by atoms with E-state index < -0.39 is 0 Å². The van der Waals surface area contributed by atoms with E-state index in [0.29, 0.717) is 17.9 Å². The molecule has 0 fully saturated rings. The third-order valence-corrected chi connectivity index (χ3v) is 4.29. The minimum absolute atomic E-state index is 0.0525. The van der Waals surface area contributed by atoms with Gasteiger partial charge in [-0.05, 0) is 18.9 Å². The van der Waals surface area contributed by atoms with Crippen molar-refractivity contribution in [1.82, 2.24) is 5.32 Å². The zero-order valence-corrected chi connectivity index (χ0v) is 12.8. The van der Waals surface area contributed by atoms with Crippen LogP contribution in [-0.2, 0) is 9.59 Å². The first-order valence-electron chi connectivity index (χ1n) is 7.42. The number of benzene rings is 1. The van der Waals surface area contributed by atoms with Gasteiger partial charge in [-0.15, -0.1) is 0 Å². The monoisotopic (exact) mass is 301 g/mol. The van der Waals surface area contributed by atoms with E-state index in [9.17, 15) is 9.59 Å². The smallest absolute Gasteiger partial charge is 0.225 e. The fourth-order valence-corrected chi connectivity index (χ4v) is 3.36. The van der Waals surface area contributed by atoms with Crippen LogP contribution < -0.4 is 14.8 Å². The second kappa shape index (κ2) is 5.83. The molecule has 0 unspecified atom stereocenters. The van der Waals surface area contributed by atoms with E-state index >= 15 is 0 Å². The molecule has 1 aliphatic carbocycles. The van der Waals surface area contributed by atoms with E-state index in [-0.39, 0.29) is 24.0 Å². The summed E-state index contributed by atoms with van der Waals surface area (Å²) in [5.74, 6) is 1.01. The van der Waals surface area contributed by atoms with Crippen LogP contribution in [0.4, 0.5) is 0 Å². The van der Waals surface area contributed by atoms with Gasteiger partial charge in [0.1, 0.15) is 0 Å². The number of rotatable bonds is 3. The van der Waals surface area contributed by atoms with E-state index in [0.717, 1.165) is 29.7 Å². The van der Waals surface area contributed by atoms with E-state index in [1.54, 1.807) is 14.2 Å². The minimum Gasteiger partial charge on any atom is -0.493 e. The molecule has 1 amide bonds. The molecule has 0 radical (unpaired) electrons. The van der Waals surface area contributed by atoms with Crippen LogP contribution in [0.3, 0.4) is 0 Å².